The van der Waals surface area contributed by atoms with Gasteiger partial charge in [-0.25, -0.2) is 0 Å². The van der Waals surface area contributed by atoms with Gasteiger partial charge >= 0.3 is 0 Å². The lowest BCUT2D eigenvalue weighted by Gasteiger charge is -2.41. The molecule has 138 valence electrons. The zero-order valence-electron chi connectivity index (χ0n) is 15.7. The van der Waals surface area contributed by atoms with E-state index < -0.39 is 6.04 Å². The summed E-state index contributed by atoms with van der Waals surface area (Å²) in [6, 6.07) is 11.7. The zero-order valence-corrected chi connectivity index (χ0v) is 15.7. The maximum Gasteiger partial charge on any atom is 0.237 e. The summed E-state index contributed by atoms with van der Waals surface area (Å²) in [5.41, 5.74) is 7.43. The van der Waals surface area contributed by atoms with Gasteiger partial charge < -0.3 is 11.1 Å². The fourth-order valence-electron chi connectivity index (χ4n) is 3.98. The second-order valence-corrected chi connectivity index (χ2v) is 8.13. The Morgan fingerprint density at radius 2 is 1.84 bits per heavy atom. The predicted octanol–water partition coefficient (Wildman–Crippen LogP) is 3.06. The molecule has 1 aromatic rings. The molecule has 0 heterocycles. The van der Waals surface area contributed by atoms with Crippen LogP contribution in [0.3, 0.4) is 0 Å². The molecular weight excluding hydrogens is 310 g/mol. The van der Waals surface area contributed by atoms with Crippen molar-refractivity contribution in [2.45, 2.75) is 83.1 Å². The Morgan fingerprint density at radius 3 is 2.48 bits per heavy atom. The van der Waals surface area contributed by atoms with Gasteiger partial charge in [0.25, 0.3) is 0 Å². The van der Waals surface area contributed by atoms with Gasteiger partial charge in [0.05, 0.1) is 6.04 Å². The molecule has 0 saturated heterocycles. The molecule has 2 aliphatic rings. The van der Waals surface area contributed by atoms with E-state index in [-0.39, 0.29) is 17.9 Å². The number of nitrogens with two attached hydrogens (primary N) is 1. The first kappa shape index (κ1) is 18.4. The molecule has 25 heavy (non-hydrogen) atoms. The molecule has 4 heteroatoms. The number of nitrogens with one attached hydrogen (secondary N) is 1. The highest BCUT2D eigenvalue weighted by molar-refractivity contribution is 5.82. The van der Waals surface area contributed by atoms with Crippen molar-refractivity contribution in [2.75, 3.05) is 0 Å². The van der Waals surface area contributed by atoms with Crippen LogP contribution < -0.4 is 11.1 Å². The third kappa shape index (κ3) is 4.83. The van der Waals surface area contributed by atoms with Crippen molar-refractivity contribution < 1.29 is 4.79 Å². The molecule has 2 saturated carbocycles. The normalized spacial score (nSPS) is 25.2. The number of amides is 1. The van der Waals surface area contributed by atoms with E-state index >= 15 is 0 Å². The van der Waals surface area contributed by atoms with Crippen molar-refractivity contribution in [1.29, 1.82) is 0 Å². The molecule has 1 aromatic carbocycles. The molecule has 0 unspecified atom stereocenters. The fraction of sp³-hybridized carbons (Fsp3) is 0.667. The van der Waals surface area contributed by atoms with Crippen molar-refractivity contribution in [3.05, 3.63) is 35.9 Å². The highest BCUT2D eigenvalue weighted by Crippen LogP contribution is 2.35. The van der Waals surface area contributed by atoms with Crippen LogP contribution in [0.2, 0.25) is 0 Å². The van der Waals surface area contributed by atoms with Gasteiger partial charge in [-0.05, 0) is 37.2 Å². The van der Waals surface area contributed by atoms with Crippen LogP contribution in [-0.4, -0.2) is 35.0 Å². The lowest BCUT2D eigenvalue weighted by Crippen LogP contribution is -2.57. The number of benzene rings is 1. The number of hydrogen-bond donors (Lipinski definition) is 2. The number of rotatable bonds is 7. The summed E-state index contributed by atoms with van der Waals surface area (Å²) in [5, 5.41) is 3.29. The zero-order chi connectivity index (χ0) is 17.8. The summed E-state index contributed by atoms with van der Waals surface area (Å²) in [6.07, 6.45) is 7.27. The lowest BCUT2D eigenvalue weighted by molar-refractivity contribution is -0.124. The first-order chi connectivity index (χ1) is 12.1. The van der Waals surface area contributed by atoms with Crippen LogP contribution in [0.4, 0.5) is 0 Å². The molecule has 0 aromatic heterocycles. The van der Waals surface area contributed by atoms with E-state index in [1.807, 2.05) is 13.8 Å². The Balaban J connectivity index is 1.70. The van der Waals surface area contributed by atoms with Crippen LogP contribution in [0, 0.1) is 5.92 Å². The monoisotopic (exact) mass is 343 g/mol. The van der Waals surface area contributed by atoms with Crippen molar-refractivity contribution in [1.82, 2.24) is 10.2 Å². The van der Waals surface area contributed by atoms with E-state index in [0.29, 0.717) is 12.1 Å². The second kappa shape index (κ2) is 8.33. The van der Waals surface area contributed by atoms with E-state index in [4.69, 9.17) is 5.73 Å². The molecule has 0 bridgehead atoms. The van der Waals surface area contributed by atoms with Gasteiger partial charge in [0.15, 0.2) is 0 Å². The van der Waals surface area contributed by atoms with Crippen LogP contribution in [0.15, 0.2) is 30.3 Å². The second-order valence-electron chi connectivity index (χ2n) is 8.13. The van der Waals surface area contributed by atoms with Gasteiger partial charge in [-0.15, -0.1) is 0 Å². The largest absolute Gasteiger partial charge is 0.350 e. The minimum Gasteiger partial charge on any atom is -0.350 e. The van der Waals surface area contributed by atoms with Gasteiger partial charge in [0, 0.05) is 24.7 Å². The molecule has 0 radical (unpaired) electrons. The third-order valence-electron chi connectivity index (χ3n) is 5.73. The number of hydrogen-bond acceptors (Lipinski definition) is 3. The average molecular weight is 344 g/mol. The van der Waals surface area contributed by atoms with Crippen LogP contribution >= 0.6 is 0 Å². The highest BCUT2D eigenvalue weighted by Gasteiger charge is 2.39. The van der Waals surface area contributed by atoms with Crippen LogP contribution in [0.1, 0.15) is 57.9 Å². The SMILES string of the molecule is CC(C)[C@H](N)C(=O)N[C@H]1CCCC[C@@H]1N(Cc1ccccc1)C1CC1. The average Bonchev–Trinajstić information content (AvgIpc) is 3.45. The number of nitrogens with zero attached hydrogens (tertiary/aromatic N) is 1. The minimum absolute atomic E-state index is 0.0161. The topological polar surface area (TPSA) is 58.4 Å². The quantitative estimate of drug-likeness (QED) is 0.800. The number of carbonyl (C=O) groups is 1. The molecular formula is C21H33N3O. The summed E-state index contributed by atoms with van der Waals surface area (Å²) in [7, 11) is 0. The van der Waals surface area contributed by atoms with Gasteiger partial charge in [0.1, 0.15) is 0 Å². The van der Waals surface area contributed by atoms with Crippen molar-refractivity contribution in [3.8, 4) is 0 Å². The molecule has 2 aliphatic carbocycles. The predicted molar refractivity (Wildman–Crippen MR) is 102 cm³/mol. The van der Waals surface area contributed by atoms with E-state index in [2.05, 4.69) is 40.5 Å². The maximum absolute atomic E-state index is 12.5. The molecule has 3 N–H and O–H groups in total. The third-order valence-corrected chi connectivity index (χ3v) is 5.73. The summed E-state index contributed by atoms with van der Waals surface area (Å²) in [5.74, 6) is 0.188. The van der Waals surface area contributed by atoms with E-state index in [0.717, 1.165) is 13.0 Å². The maximum atomic E-state index is 12.5. The van der Waals surface area contributed by atoms with Crippen molar-refractivity contribution in [2.24, 2.45) is 11.7 Å². The number of carbonyl (C=O) groups excluding carboxylic acids is 1. The van der Waals surface area contributed by atoms with Crippen LogP contribution in [0.25, 0.3) is 0 Å². The first-order valence-electron chi connectivity index (χ1n) is 9.92. The molecule has 2 fully saturated rings. The standard InChI is InChI=1S/C21H33N3O/c1-15(2)20(22)21(25)23-18-10-6-7-11-19(18)24(17-12-13-17)14-16-8-4-3-5-9-16/h3-5,8-9,15,17-20H,6-7,10-14,22H2,1-2H3,(H,23,25)/t18-,19-,20-/m0/s1. The smallest absolute Gasteiger partial charge is 0.237 e. The van der Waals surface area contributed by atoms with Crippen LogP contribution in [-0.2, 0) is 11.3 Å². The Labute approximate surface area is 152 Å². The first-order valence-corrected chi connectivity index (χ1v) is 9.92. The summed E-state index contributed by atoms with van der Waals surface area (Å²) in [4.78, 5) is 15.2. The van der Waals surface area contributed by atoms with Crippen LogP contribution in [0.5, 0.6) is 0 Å². The highest BCUT2D eigenvalue weighted by atomic mass is 16.2. The van der Waals surface area contributed by atoms with E-state index in [1.165, 1.54) is 37.7 Å². The molecule has 4 nitrogen and oxygen atoms in total. The summed E-state index contributed by atoms with van der Waals surface area (Å²) in [6.45, 7) is 5.00. The van der Waals surface area contributed by atoms with E-state index in [9.17, 15) is 4.79 Å². The lowest BCUT2D eigenvalue weighted by atomic mass is 9.88. The van der Waals surface area contributed by atoms with Gasteiger partial charge in [-0.2, -0.15) is 0 Å². The van der Waals surface area contributed by atoms with E-state index in [1.54, 1.807) is 0 Å². The molecule has 3 rings (SSSR count). The van der Waals surface area contributed by atoms with Gasteiger partial charge in [0.2, 0.25) is 5.91 Å². The Hall–Kier alpha value is -1.39. The Kier molecular flexibility index (Phi) is 6.13. The molecule has 0 aliphatic heterocycles. The van der Waals surface area contributed by atoms with Gasteiger partial charge in [-0.1, -0.05) is 57.0 Å². The van der Waals surface area contributed by atoms with Gasteiger partial charge in [-0.3, -0.25) is 9.69 Å². The molecule has 0 spiro atoms. The van der Waals surface area contributed by atoms with Crippen molar-refractivity contribution >= 4 is 5.91 Å². The summed E-state index contributed by atoms with van der Waals surface area (Å²) >= 11 is 0. The van der Waals surface area contributed by atoms with Crippen molar-refractivity contribution in [3.63, 3.8) is 0 Å². The summed E-state index contributed by atoms with van der Waals surface area (Å²) < 4.78 is 0. The minimum atomic E-state index is -0.411. The molecule has 3 atom stereocenters. The fourth-order valence-corrected chi connectivity index (χ4v) is 3.98. The Morgan fingerprint density at radius 1 is 1.16 bits per heavy atom. The Bertz CT molecular complexity index is 556. The molecule has 1 amide bonds.